The summed E-state index contributed by atoms with van der Waals surface area (Å²) in [5.41, 5.74) is 0. The Hall–Kier alpha value is -0.620. The molecule has 0 atom stereocenters. The molecule has 0 aromatic rings. The predicted molar refractivity (Wildman–Crippen MR) is 237 cm³/mol. The van der Waals surface area contributed by atoms with Crippen LogP contribution in [0, 0.1) is 5.92 Å². The van der Waals surface area contributed by atoms with Crippen LogP contribution in [0.5, 0.6) is 0 Å². The lowest BCUT2D eigenvalue weighted by atomic mass is 9.80. The van der Waals surface area contributed by atoms with Crippen LogP contribution < -0.4 is 5.32 Å². The van der Waals surface area contributed by atoms with Gasteiger partial charge in [-0.25, -0.2) is 0 Å². The van der Waals surface area contributed by atoms with Crippen LogP contribution in [-0.2, 0) is 4.79 Å². The van der Waals surface area contributed by atoms with E-state index in [9.17, 15) is 34.9 Å². The first-order chi connectivity index (χ1) is 26.0. The summed E-state index contributed by atoms with van der Waals surface area (Å²) >= 11 is 0. The average molecular weight is 779 g/mol. The number of amides is 1. The minimum Gasteiger partial charge on any atom is -0.437 e. The first kappa shape index (κ1) is 54.4. The Morgan fingerprint density at radius 2 is 0.855 bits per heavy atom. The molecule has 0 saturated carbocycles. The van der Waals surface area contributed by atoms with Crippen molar-refractivity contribution in [3.63, 3.8) is 0 Å². The molecule has 0 aromatic heterocycles. The highest BCUT2D eigenvalue weighted by atomic mass is 16.2. The Morgan fingerprint density at radius 1 is 0.491 bits per heavy atom. The van der Waals surface area contributed by atoms with Crippen molar-refractivity contribution in [3.05, 3.63) is 0 Å². The zero-order valence-corrected chi connectivity index (χ0v) is 36.8. The summed E-state index contributed by atoms with van der Waals surface area (Å²) in [6.07, 6.45) is 11.8. The zero-order valence-electron chi connectivity index (χ0n) is 36.8. The van der Waals surface area contributed by atoms with Gasteiger partial charge in [-0.1, -0.05) is 26.2 Å². The fraction of sp³-hybridized carbons (Fsp3) is 0.971. The third kappa shape index (κ3) is 28.4. The average Bonchev–Trinajstić information content (AvgIpc) is 3.10. The zero-order chi connectivity index (χ0) is 41.8. The molecular weight excluding hydrogens is 695 g/mol. The first-order valence-electron chi connectivity index (χ1n) is 21.7. The van der Waals surface area contributed by atoms with Gasteiger partial charge in [0.1, 0.15) is 0 Å². The molecule has 0 aliphatic carbocycles. The number of rotatable bonds is 37. The van der Waals surface area contributed by atoms with Crippen LogP contribution in [0.25, 0.3) is 0 Å². The highest BCUT2D eigenvalue weighted by Crippen LogP contribution is 2.17. The van der Waals surface area contributed by atoms with Crippen LogP contribution in [0.3, 0.4) is 0 Å². The van der Waals surface area contributed by atoms with E-state index in [2.05, 4.69) is 24.6 Å². The molecule has 55 heavy (non-hydrogen) atoms. The van der Waals surface area contributed by atoms with Crippen LogP contribution in [0.4, 0.5) is 0 Å². The van der Waals surface area contributed by atoms with Gasteiger partial charge in [0, 0.05) is 13.0 Å². The largest absolute Gasteiger partial charge is 0.437 e. The summed E-state index contributed by atoms with van der Waals surface area (Å²) < 4.78 is 0. The summed E-state index contributed by atoms with van der Waals surface area (Å²) in [5, 5.41) is 65.0. The lowest BCUT2D eigenvalue weighted by molar-refractivity contribution is -0.121. The molecule has 318 valence electrons. The summed E-state index contributed by atoms with van der Waals surface area (Å²) in [6, 6.07) is 0. The highest BCUT2D eigenvalue weighted by molar-refractivity contribution is 6.46. The van der Waals surface area contributed by atoms with Gasteiger partial charge in [-0.2, -0.15) is 0 Å². The van der Waals surface area contributed by atoms with E-state index < -0.39 is 42.3 Å². The second-order valence-corrected chi connectivity index (χ2v) is 16.1. The molecule has 20 heteroatoms. The third-order valence-electron chi connectivity index (χ3n) is 10.9. The van der Waals surface area contributed by atoms with Gasteiger partial charge in [0.2, 0.25) is 5.91 Å². The summed E-state index contributed by atoms with van der Waals surface area (Å²) in [7, 11) is 0.479. The molecule has 0 bridgehead atoms. The number of carbonyl (C=O) groups excluding carboxylic acids is 1. The minimum atomic E-state index is -0.607. The Balaban J connectivity index is 5.34. The fourth-order valence-corrected chi connectivity index (χ4v) is 6.87. The van der Waals surface area contributed by atoms with E-state index in [1.807, 2.05) is 44.3 Å². The van der Waals surface area contributed by atoms with Crippen molar-refractivity contribution in [2.75, 3.05) is 86.1 Å². The Bertz CT molecular complexity index is 872. The number of unbranched alkanes of at least 4 members (excludes halogenated alkanes) is 5. The van der Waals surface area contributed by atoms with Gasteiger partial charge in [-0.15, -0.1) is 0 Å². The van der Waals surface area contributed by atoms with Crippen molar-refractivity contribution in [2.45, 2.75) is 131 Å². The number of nitrogens with zero attached hydrogens (tertiary/aromatic N) is 6. The third-order valence-corrected chi connectivity index (χ3v) is 10.9. The van der Waals surface area contributed by atoms with Crippen LogP contribution in [0.2, 0.25) is 40.9 Å². The Labute approximate surface area is 339 Å². The number of hydrogen-bond donors (Lipinski definition) is 7. The maximum absolute atomic E-state index is 11.8. The van der Waals surface area contributed by atoms with E-state index in [1.165, 1.54) is 0 Å². The monoisotopic (exact) mass is 780 g/mol. The molecule has 0 radical (unpaired) electrons. The molecule has 0 saturated heterocycles. The quantitative estimate of drug-likeness (QED) is 0.0359. The topological polar surface area (TPSA) is 170 Å². The predicted octanol–water partition coefficient (Wildman–Crippen LogP) is 1.54. The maximum atomic E-state index is 11.8. The lowest BCUT2D eigenvalue weighted by Crippen LogP contribution is -2.47. The summed E-state index contributed by atoms with van der Waals surface area (Å²) in [5.74, 6) is 0.366. The summed E-state index contributed by atoms with van der Waals surface area (Å²) in [6.45, 7) is 20.9. The number of hydrogen-bond acceptors (Lipinski definition) is 13. The van der Waals surface area contributed by atoms with E-state index in [1.54, 1.807) is 27.3 Å². The molecule has 0 fully saturated rings. The van der Waals surface area contributed by atoms with E-state index in [0.717, 1.165) is 142 Å². The SMILES string of the molecule is CCCC(=O)NCCCCCCC(CN(CCCCN(CCCN(C)B(C)O)B(C)O)B(C)O)CN(CCCCN(CCCN(C)B(C)O)B(C)O)B(C)O. The van der Waals surface area contributed by atoms with Gasteiger partial charge in [0.25, 0.3) is 0 Å². The molecule has 0 aliphatic rings. The van der Waals surface area contributed by atoms with Crippen molar-refractivity contribution < 1.29 is 34.9 Å². The molecule has 1 amide bonds. The van der Waals surface area contributed by atoms with E-state index in [4.69, 9.17) is 0 Å². The van der Waals surface area contributed by atoms with Crippen molar-refractivity contribution in [2.24, 2.45) is 5.92 Å². The maximum Gasteiger partial charge on any atom is 0.376 e. The molecule has 0 rings (SSSR count). The van der Waals surface area contributed by atoms with Crippen LogP contribution in [0.1, 0.15) is 90.4 Å². The van der Waals surface area contributed by atoms with Crippen LogP contribution in [-0.4, -0.2) is 193 Å². The number of nitrogens with one attached hydrogen (secondary N) is 1. The second kappa shape index (κ2) is 33.2. The van der Waals surface area contributed by atoms with Crippen molar-refractivity contribution in [1.82, 2.24) is 34.2 Å². The molecule has 0 aromatic carbocycles. The normalized spacial score (nSPS) is 12.0. The Kier molecular flexibility index (Phi) is 32.9. The summed E-state index contributed by atoms with van der Waals surface area (Å²) in [4.78, 5) is 24.0. The molecule has 7 N–H and O–H groups in total. The molecule has 0 aliphatic heterocycles. The highest BCUT2D eigenvalue weighted by Gasteiger charge is 2.26. The smallest absolute Gasteiger partial charge is 0.376 e. The number of carbonyl (C=O) groups is 1. The van der Waals surface area contributed by atoms with Gasteiger partial charge < -0.3 is 64.3 Å². The van der Waals surface area contributed by atoms with Crippen molar-refractivity contribution >= 4 is 48.2 Å². The van der Waals surface area contributed by atoms with E-state index >= 15 is 0 Å². The van der Waals surface area contributed by atoms with Crippen molar-refractivity contribution in [3.8, 4) is 0 Å². The standard InChI is InChI=1S/C35H83B6N7O7/c1-10-21-35(49)42-23-14-12-11-13-22-34(32-47(40(6)54)28-17-15-26-45(38(4)52)30-19-24-43(8)36(2)50)33-48(41(7)55)29-18-16-27-46(39(5)53)31-20-25-44(9)37(3)51/h34,50-55H,10-33H2,1-9H3,(H,42,49). The minimum absolute atomic E-state index is 0.122. The Morgan fingerprint density at radius 3 is 1.22 bits per heavy atom. The van der Waals surface area contributed by atoms with Gasteiger partial charge in [-0.3, -0.25) is 4.79 Å². The van der Waals surface area contributed by atoms with E-state index in [-0.39, 0.29) is 11.8 Å². The van der Waals surface area contributed by atoms with Gasteiger partial charge in [0.15, 0.2) is 0 Å². The molecule has 0 spiro atoms. The second-order valence-electron chi connectivity index (χ2n) is 16.1. The fourth-order valence-electron chi connectivity index (χ4n) is 6.87. The van der Waals surface area contributed by atoms with E-state index in [0.29, 0.717) is 13.0 Å². The van der Waals surface area contributed by atoms with Gasteiger partial charge in [0.05, 0.1) is 0 Å². The van der Waals surface area contributed by atoms with Gasteiger partial charge >= 0.3 is 42.3 Å². The molecular formula is C35H83B6N7O7. The van der Waals surface area contributed by atoms with Crippen LogP contribution >= 0.6 is 0 Å². The first-order valence-corrected chi connectivity index (χ1v) is 21.7. The molecule has 0 unspecified atom stereocenters. The molecule has 14 nitrogen and oxygen atoms in total. The lowest BCUT2D eigenvalue weighted by Gasteiger charge is -2.33. The van der Waals surface area contributed by atoms with Crippen molar-refractivity contribution in [1.29, 1.82) is 0 Å². The van der Waals surface area contributed by atoms with Gasteiger partial charge in [-0.05, 0) is 184 Å². The molecule has 0 heterocycles. The van der Waals surface area contributed by atoms with Crippen LogP contribution in [0.15, 0.2) is 0 Å².